The van der Waals surface area contributed by atoms with Crippen LogP contribution in [-0.4, -0.2) is 48.3 Å². The van der Waals surface area contributed by atoms with Gasteiger partial charge in [0.15, 0.2) is 6.10 Å². The third-order valence-corrected chi connectivity index (χ3v) is 4.68. The lowest BCUT2D eigenvalue weighted by molar-refractivity contribution is -0.204. The van der Waals surface area contributed by atoms with Crippen molar-refractivity contribution in [1.29, 1.82) is 0 Å². The van der Waals surface area contributed by atoms with Crippen LogP contribution in [-0.2, 0) is 33.3 Å². The number of ether oxygens (including phenoxy) is 4. The first-order valence-corrected chi connectivity index (χ1v) is 9.08. The van der Waals surface area contributed by atoms with E-state index in [4.69, 9.17) is 18.9 Å². The first-order chi connectivity index (χ1) is 12.3. The largest absolute Gasteiger partial charge is 0.463 e. The summed E-state index contributed by atoms with van der Waals surface area (Å²) in [5.41, 5.74) is -0.353. The molecule has 0 aromatic heterocycles. The molecule has 7 nitrogen and oxygen atoms in total. The molecular formula is C18H22O7S. The van der Waals surface area contributed by atoms with E-state index in [-0.39, 0.29) is 12.0 Å². The molecule has 2 rings (SSSR count). The lowest BCUT2D eigenvalue weighted by atomic mass is 10.0. The summed E-state index contributed by atoms with van der Waals surface area (Å²) in [6, 6.07) is 9.61. The van der Waals surface area contributed by atoms with Gasteiger partial charge in [-0.2, -0.15) is 0 Å². The highest BCUT2D eigenvalue weighted by Gasteiger charge is 2.43. The van der Waals surface area contributed by atoms with Crippen molar-refractivity contribution in [2.24, 2.45) is 0 Å². The van der Waals surface area contributed by atoms with Crippen LogP contribution in [0.4, 0.5) is 0 Å². The average molecular weight is 382 g/mol. The average Bonchev–Trinajstić information content (AvgIpc) is 2.55. The van der Waals surface area contributed by atoms with Crippen molar-refractivity contribution < 1.29 is 33.3 Å². The van der Waals surface area contributed by atoms with E-state index >= 15 is 0 Å². The Morgan fingerprint density at radius 3 is 2.27 bits per heavy atom. The van der Waals surface area contributed by atoms with E-state index in [1.165, 1.54) is 32.5 Å². The summed E-state index contributed by atoms with van der Waals surface area (Å²) in [7, 11) is 0. The van der Waals surface area contributed by atoms with E-state index in [1.807, 2.05) is 30.3 Å². The summed E-state index contributed by atoms with van der Waals surface area (Å²) in [4.78, 5) is 35.1. The third-order valence-electron chi connectivity index (χ3n) is 3.57. The van der Waals surface area contributed by atoms with Gasteiger partial charge < -0.3 is 18.9 Å². The molecule has 1 aliphatic heterocycles. The Labute approximate surface area is 156 Å². The Balaban J connectivity index is 2.18. The van der Waals surface area contributed by atoms with E-state index < -0.39 is 36.2 Å². The summed E-state index contributed by atoms with van der Waals surface area (Å²) >= 11 is 1.46. The molecule has 4 atom stereocenters. The minimum absolute atomic E-state index is 0.100. The highest BCUT2D eigenvalue weighted by molar-refractivity contribution is 7.99. The molecule has 0 unspecified atom stereocenters. The molecule has 1 fully saturated rings. The first kappa shape index (κ1) is 20.3. The highest BCUT2D eigenvalue weighted by Crippen LogP contribution is 2.35. The summed E-state index contributed by atoms with van der Waals surface area (Å²) in [5, 5.41) is 0. The second-order valence-corrected chi connectivity index (χ2v) is 7.03. The van der Waals surface area contributed by atoms with Crippen LogP contribution < -0.4 is 0 Å². The minimum atomic E-state index is -0.844. The second-order valence-electron chi connectivity index (χ2n) is 5.80. The Hall–Kier alpha value is -2.06. The second kappa shape index (κ2) is 9.59. The normalized spacial score (nSPS) is 25.2. The zero-order valence-corrected chi connectivity index (χ0v) is 15.7. The fraction of sp³-hybridized carbons (Fsp3) is 0.500. The number of benzene rings is 1. The van der Waals surface area contributed by atoms with Gasteiger partial charge in [0.05, 0.1) is 0 Å². The zero-order chi connectivity index (χ0) is 19.1. The topological polar surface area (TPSA) is 88.1 Å². The number of carbonyl (C=O) groups is 3. The Morgan fingerprint density at radius 2 is 1.69 bits per heavy atom. The molecule has 0 radical (unpaired) electrons. The molecule has 0 aliphatic carbocycles. The predicted molar refractivity (Wildman–Crippen MR) is 93.3 cm³/mol. The first-order valence-electron chi connectivity index (χ1n) is 8.20. The highest BCUT2D eigenvalue weighted by atomic mass is 32.2. The van der Waals surface area contributed by atoms with Gasteiger partial charge in [-0.25, -0.2) is 0 Å². The molecule has 0 bridgehead atoms. The van der Waals surface area contributed by atoms with Crippen molar-refractivity contribution >= 4 is 29.7 Å². The van der Waals surface area contributed by atoms with Gasteiger partial charge in [0, 0.05) is 32.1 Å². The van der Waals surface area contributed by atoms with Crippen LogP contribution in [0, 0.1) is 0 Å². The van der Waals surface area contributed by atoms with Crippen molar-refractivity contribution in [3.8, 4) is 0 Å². The Kier molecular flexibility index (Phi) is 7.47. The van der Waals surface area contributed by atoms with Crippen LogP contribution in [0.2, 0.25) is 0 Å². The van der Waals surface area contributed by atoms with E-state index in [0.29, 0.717) is 6.42 Å². The van der Waals surface area contributed by atoms with Gasteiger partial charge in [0.1, 0.15) is 24.3 Å². The molecule has 0 amide bonds. The lowest BCUT2D eigenvalue weighted by Crippen LogP contribution is -2.53. The zero-order valence-electron chi connectivity index (χ0n) is 14.9. The summed E-state index contributed by atoms with van der Waals surface area (Å²) < 4.78 is 21.7. The monoisotopic (exact) mass is 382 g/mol. The molecule has 142 valence electrons. The van der Waals surface area contributed by atoms with Crippen LogP contribution in [0.15, 0.2) is 35.2 Å². The quantitative estimate of drug-likeness (QED) is 0.547. The maximum absolute atomic E-state index is 11.5. The van der Waals surface area contributed by atoms with Gasteiger partial charge in [0.25, 0.3) is 0 Å². The number of hydrogen-bond donors (Lipinski definition) is 0. The van der Waals surface area contributed by atoms with E-state index in [0.717, 1.165) is 4.90 Å². The Bertz CT molecular complexity index is 634. The Morgan fingerprint density at radius 1 is 1.04 bits per heavy atom. The fourth-order valence-corrected chi connectivity index (χ4v) is 3.73. The summed E-state index contributed by atoms with van der Waals surface area (Å²) in [6.07, 6.45) is -1.93. The van der Waals surface area contributed by atoms with Crippen LogP contribution in [0.3, 0.4) is 0 Å². The molecule has 26 heavy (non-hydrogen) atoms. The molecular weight excluding hydrogens is 360 g/mol. The van der Waals surface area contributed by atoms with Crippen molar-refractivity contribution in [2.45, 2.75) is 55.8 Å². The van der Waals surface area contributed by atoms with E-state index in [1.54, 1.807) is 0 Å². The number of carbonyl (C=O) groups excluding carboxylic acids is 3. The van der Waals surface area contributed by atoms with Gasteiger partial charge in [-0.15, -0.1) is 0 Å². The van der Waals surface area contributed by atoms with E-state index in [2.05, 4.69) is 0 Å². The molecule has 0 spiro atoms. The van der Waals surface area contributed by atoms with E-state index in [9.17, 15) is 14.4 Å². The predicted octanol–water partition coefficient (Wildman–Crippen LogP) is 2.32. The number of thioether (sulfide) groups is 1. The lowest BCUT2D eigenvalue weighted by Gasteiger charge is -2.39. The van der Waals surface area contributed by atoms with Crippen LogP contribution in [0.5, 0.6) is 0 Å². The molecule has 8 heteroatoms. The van der Waals surface area contributed by atoms with Crippen LogP contribution >= 0.6 is 11.8 Å². The minimum Gasteiger partial charge on any atom is -0.463 e. The molecule has 1 saturated heterocycles. The number of esters is 3. The molecule has 1 aliphatic rings. The summed E-state index contributed by atoms with van der Waals surface area (Å²) in [5.74, 6) is -1.49. The SMILES string of the molecule is CC(=O)OC[C@H]1O[C@H](Sc2ccccc2)C[C@@H](OC(C)=O)[C@@H]1OC(C)=O. The van der Waals surface area contributed by atoms with Gasteiger partial charge >= 0.3 is 17.9 Å². The van der Waals surface area contributed by atoms with Crippen LogP contribution in [0.1, 0.15) is 27.2 Å². The molecule has 1 aromatic rings. The number of hydrogen-bond acceptors (Lipinski definition) is 8. The molecule has 1 heterocycles. The maximum Gasteiger partial charge on any atom is 0.303 e. The van der Waals surface area contributed by atoms with Crippen molar-refractivity contribution in [3.63, 3.8) is 0 Å². The maximum atomic E-state index is 11.5. The smallest absolute Gasteiger partial charge is 0.303 e. The van der Waals surface area contributed by atoms with Crippen molar-refractivity contribution in [2.75, 3.05) is 6.61 Å². The van der Waals surface area contributed by atoms with Gasteiger partial charge in [-0.05, 0) is 12.1 Å². The molecule has 0 saturated carbocycles. The van der Waals surface area contributed by atoms with Crippen LogP contribution in [0.25, 0.3) is 0 Å². The standard InChI is InChI=1S/C18H22O7S/c1-11(19)22-10-16-18(24-13(3)21)15(23-12(2)20)9-17(25-16)26-14-7-5-4-6-8-14/h4-8,15-18H,9-10H2,1-3H3/t15-,16-,17-,18+/m1/s1. The summed E-state index contributed by atoms with van der Waals surface area (Å²) in [6.45, 7) is 3.74. The van der Waals surface area contributed by atoms with Gasteiger partial charge in [-0.1, -0.05) is 30.0 Å². The van der Waals surface area contributed by atoms with Gasteiger partial charge in [0.2, 0.25) is 0 Å². The number of rotatable bonds is 6. The van der Waals surface area contributed by atoms with Crippen molar-refractivity contribution in [3.05, 3.63) is 30.3 Å². The van der Waals surface area contributed by atoms with Crippen molar-refractivity contribution in [1.82, 2.24) is 0 Å². The fourth-order valence-electron chi connectivity index (χ4n) is 2.62. The van der Waals surface area contributed by atoms with Gasteiger partial charge in [-0.3, -0.25) is 14.4 Å². The molecule has 1 aromatic carbocycles. The molecule has 0 N–H and O–H groups in total. The third kappa shape index (κ3) is 6.34.